The van der Waals surface area contributed by atoms with E-state index in [4.69, 9.17) is 5.11 Å². The van der Waals surface area contributed by atoms with E-state index in [0.717, 1.165) is 24.8 Å². The minimum absolute atomic E-state index is 0.0655. The third-order valence-corrected chi connectivity index (χ3v) is 3.28. The van der Waals surface area contributed by atoms with Gasteiger partial charge in [0.1, 0.15) is 5.82 Å². The minimum atomic E-state index is -4.43. The molecule has 1 aromatic heterocycles. The van der Waals surface area contributed by atoms with Crippen LogP contribution in [0, 0.1) is 0 Å². The number of hydrogen-bond donors (Lipinski definition) is 2. The van der Waals surface area contributed by atoms with Crippen LogP contribution in [-0.2, 0) is 11.0 Å². The number of rotatable bonds is 4. The molecule has 2 N–H and O–H groups in total. The molecule has 0 amide bonds. The van der Waals surface area contributed by atoms with Crippen LogP contribution < -0.4 is 5.32 Å². The monoisotopic (exact) mass is 274 g/mol. The Morgan fingerprint density at radius 3 is 2.63 bits per heavy atom. The first-order valence-electron chi connectivity index (χ1n) is 5.84. The van der Waals surface area contributed by atoms with Gasteiger partial charge >= 0.3 is 12.1 Å². The first kappa shape index (κ1) is 13.6. The third-order valence-electron chi connectivity index (χ3n) is 3.28. The number of aromatic nitrogens is 1. The maximum absolute atomic E-state index is 12.6. The quantitative estimate of drug-likeness (QED) is 0.886. The molecule has 1 fully saturated rings. The van der Waals surface area contributed by atoms with Crippen molar-refractivity contribution in [1.29, 1.82) is 0 Å². The first-order chi connectivity index (χ1) is 8.81. The molecule has 7 heteroatoms. The highest BCUT2D eigenvalue weighted by Gasteiger charge is 2.39. The zero-order chi connectivity index (χ0) is 14.1. The number of halogens is 3. The molecule has 1 saturated carbocycles. The second-order valence-electron chi connectivity index (χ2n) is 4.76. The normalized spacial score (nSPS) is 17.6. The largest absolute Gasteiger partial charge is 0.481 e. The lowest BCUT2D eigenvalue weighted by Crippen LogP contribution is -2.47. The zero-order valence-corrected chi connectivity index (χ0v) is 10.00. The molecule has 0 unspecified atom stereocenters. The molecular formula is C12H13F3N2O2. The second kappa shape index (κ2) is 4.71. The fourth-order valence-corrected chi connectivity index (χ4v) is 2.19. The Hall–Kier alpha value is -1.79. The van der Waals surface area contributed by atoms with Gasteiger partial charge in [0.2, 0.25) is 0 Å². The molecule has 0 atom stereocenters. The van der Waals surface area contributed by atoms with Crippen molar-refractivity contribution in [1.82, 2.24) is 4.98 Å². The van der Waals surface area contributed by atoms with Crippen molar-refractivity contribution < 1.29 is 23.1 Å². The van der Waals surface area contributed by atoms with Gasteiger partial charge < -0.3 is 10.4 Å². The average Bonchev–Trinajstić information content (AvgIpc) is 2.24. The van der Waals surface area contributed by atoms with Crippen molar-refractivity contribution >= 4 is 11.8 Å². The van der Waals surface area contributed by atoms with Crippen LogP contribution in [0.25, 0.3) is 0 Å². The number of carbonyl (C=O) groups is 1. The van der Waals surface area contributed by atoms with Crippen LogP contribution in [-0.4, -0.2) is 21.6 Å². The van der Waals surface area contributed by atoms with Crippen LogP contribution in [0.3, 0.4) is 0 Å². The molecule has 0 bridgehead atoms. The molecule has 1 heterocycles. The van der Waals surface area contributed by atoms with Crippen molar-refractivity contribution in [3.8, 4) is 0 Å². The highest BCUT2D eigenvalue weighted by Crippen LogP contribution is 2.38. The van der Waals surface area contributed by atoms with Crippen molar-refractivity contribution in [3.63, 3.8) is 0 Å². The molecule has 2 rings (SSSR count). The van der Waals surface area contributed by atoms with Crippen LogP contribution in [0.1, 0.15) is 31.2 Å². The van der Waals surface area contributed by atoms with Crippen molar-refractivity contribution in [2.45, 2.75) is 37.4 Å². The fraction of sp³-hybridized carbons (Fsp3) is 0.500. The van der Waals surface area contributed by atoms with Crippen molar-refractivity contribution in [2.75, 3.05) is 5.32 Å². The summed E-state index contributed by atoms with van der Waals surface area (Å²) >= 11 is 0. The Morgan fingerprint density at radius 1 is 1.47 bits per heavy atom. The SMILES string of the molecule is O=C(O)CC1(Nc2cc(C(F)(F)F)ccn2)CCC1. The molecule has 0 saturated heterocycles. The van der Waals surface area contributed by atoms with E-state index in [0.29, 0.717) is 12.8 Å². The second-order valence-corrected chi connectivity index (χ2v) is 4.76. The van der Waals surface area contributed by atoms with Gasteiger partial charge in [-0.25, -0.2) is 4.98 Å². The number of carboxylic acid groups (broad SMARTS) is 1. The van der Waals surface area contributed by atoms with Crippen LogP contribution >= 0.6 is 0 Å². The molecule has 0 aromatic carbocycles. The van der Waals surface area contributed by atoms with E-state index in [1.807, 2.05) is 0 Å². The van der Waals surface area contributed by atoms with E-state index >= 15 is 0 Å². The number of alkyl halides is 3. The van der Waals surface area contributed by atoms with Gasteiger partial charge in [-0.3, -0.25) is 4.79 Å². The van der Waals surface area contributed by atoms with Crippen LogP contribution in [0.4, 0.5) is 19.0 Å². The summed E-state index contributed by atoms with van der Waals surface area (Å²) in [5.74, 6) is -0.907. The van der Waals surface area contributed by atoms with Gasteiger partial charge in [0.15, 0.2) is 0 Å². The standard InChI is InChI=1S/C12H13F3N2O2/c13-12(14,15)8-2-5-16-9(6-8)17-11(3-1-4-11)7-10(18)19/h2,5-6H,1,3-4,7H2,(H,16,17)(H,18,19). The van der Waals surface area contributed by atoms with Crippen LogP contribution in [0.15, 0.2) is 18.3 Å². The molecule has 19 heavy (non-hydrogen) atoms. The van der Waals surface area contributed by atoms with Gasteiger partial charge in [-0.05, 0) is 31.4 Å². The molecule has 1 aromatic rings. The fourth-order valence-electron chi connectivity index (χ4n) is 2.19. The summed E-state index contributed by atoms with van der Waals surface area (Å²) in [6.07, 6.45) is -1.38. The van der Waals surface area contributed by atoms with Gasteiger partial charge in [0.25, 0.3) is 0 Å². The minimum Gasteiger partial charge on any atom is -0.481 e. The van der Waals surface area contributed by atoms with E-state index in [9.17, 15) is 18.0 Å². The van der Waals surface area contributed by atoms with Crippen LogP contribution in [0.5, 0.6) is 0 Å². The maximum atomic E-state index is 12.6. The summed E-state index contributed by atoms with van der Waals surface area (Å²) in [5.41, 5.74) is -1.46. The van der Waals surface area contributed by atoms with Gasteiger partial charge in [-0.2, -0.15) is 13.2 Å². The molecule has 1 aliphatic carbocycles. The molecular weight excluding hydrogens is 261 g/mol. The summed E-state index contributed by atoms with van der Waals surface area (Å²) in [6, 6.07) is 1.79. The highest BCUT2D eigenvalue weighted by molar-refractivity contribution is 5.69. The molecule has 0 spiro atoms. The van der Waals surface area contributed by atoms with Crippen molar-refractivity contribution in [3.05, 3.63) is 23.9 Å². The summed E-state index contributed by atoms with van der Waals surface area (Å²) in [4.78, 5) is 14.6. The molecule has 1 aliphatic rings. The van der Waals surface area contributed by atoms with E-state index in [1.165, 1.54) is 0 Å². The number of carboxylic acids is 1. The first-order valence-corrected chi connectivity index (χ1v) is 5.84. The predicted molar refractivity (Wildman–Crippen MR) is 61.7 cm³/mol. The molecule has 4 nitrogen and oxygen atoms in total. The maximum Gasteiger partial charge on any atom is 0.416 e. The smallest absolute Gasteiger partial charge is 0.416 e. The number of pyridine rings is 1. The van der Waals surface area contributed by atoms with Crippen LogP contribution in [0.2, 0.25) is 0 Å². The summed E-state index contributed by atoms with van der Waals surface area (Å²) in [5, 5.41) is 11.7. The lowest BCUT2D eigenvalue weighted by molar-refractivity contribution is -0.139. The van der Waals surface area contributed by atoms with Gasteiger partial charge in [-0.15, -0.1) is 0 Å². The van der Waals surface area contributed by atoms with Crippen molar-refractivity contribution in [2.24, 2.45) is 0 Å². The number of nitrogens with zero attached hydrogens (tertiary/aromatic N) is 1. The average molecular weight is 274 g/mol. The highest BCUT2D eigenvalue weighted by atomic mass is 19.4. The Labute approximate surface area is 107 Å². The lowest BCUT2D eigenvalue weighted by Gasteiger charge is -2.42. The Kier molecular flexibility index (Phi) is 3.38. The molecule has 0 aliphatic heterocycles. The zero-order valence-electron chi connectivity index (χ0n) is 10.00. The number of aliphatic carboxylic acids is 1. The lowest BCUT2D eigenvalue weighted by atomic mass is 9.74. The Bertz CT molecular complexity index is 484. The van der Waals surface area contributed by atoms with E-state index in [1.54, 1.807) is 0 Å². The topological polar surface area (TPSA) is 62.2 Å². The molecule has 104 valence electrons. The Balaban J connectivity index is 2.16. The number of anilines is 1. The van der Waals surface area contributed by atoms with E-state index < -0.39 is 23.2 Å². The van der Waals surface area contributed by atoms with Gasteiger partial charge in [0.05, 0.1) is 12.0 Å². The van der Waals surface area contributed by atoms with Gasteiger partial charge in [-0.1, -0.05) is 0 Å². The molecule has 0 radical (unpaired) electrons. The number of nitrogens with one attached hydrogen (secondary N) is 1. The van der Waals surface area contributed by atoms with E-state index in [2.05, 4.69) is 10.3 Å². The Morgan fingerprint density at radius 2 is 2.16 bits per heavy atom. The third kappa shape index (κ3) is 3.15. The number of hydrogen-bond acceptors (Lipinski definition) is 3. The summed E-state index contributed by atoms with van der Waals surface area (Å²) in [6.45, 7) is 0. The summed E-state index contributed by atoms with van der Waals surface area (Å²) < 4.78 is 37.7. The summed E-state index contributed by atoms with van der Waals surface area (Å²) in [7, 11) is 0. The predicted octanol–water partition coefficient (Wildman–Crippen LogP) is 2.91. The van der Waals surface area contributed by atoms with Gasteiger partial charge in [0, 0.05) is 11.7 Å². The van der Waals surface area contributed by atoms with E-state index in [-0.39, 0.29) is 12.2 Å².